The molecule has 2 aliphatic rings. The lowest BCUT2D eigenvalue weighted by atomic mass is 9.97. The lowest BCUT2D eigenvalue weighted by Gasteiger charge is -2.47. The molecule has 0 bridgehead atoms. The Morgan fingerprint density at radius 1 is 1.10 bits per heavy atom. The third-order valence-corrected chi connectivity index (χ3v) is 8.57. The molecule has 10 nitrogen and oxygen atoms in total. The highest BCUT2D eigenvalue weighted by Gasteiger charge is 2.34. The van der Waals surface area contributed by atoms with E-state index >= 15 is 0 Å². The molecular weight excluding hydrogens is 551 g/mol. The summed E-state index contributed by atoms with van der Waals surface area (Å²) in [5.74, 6) is 1.31. The Balaban J connectivity index is 1.08. The average Bonchev–Trinajstić information content (AvgIpc) is 3.66. The summed E-state index contributed by atoms with van der Waals surface area (Å²) in [6.07, 6.45) is 8.64. The van der Waals surface area contributed by atoms with Crippen molar-refractivity contribution in [1.82, 2.24) is 34.9 Å². The van der Waals surface area contributed by atoms with E-state index in [1.807, 2.05) is 24.4 Å². The van der Waals surface area contributed by atoms with Crippen LogP contribution < -0.4 is 10.7 Å². The Bertz CT molecular complexity index is 1500. The van der Waals surface area contributed by atoms with Gasteiger partial charge in [0.2, 0.25) is 5.89 Å². The summed E-state index contributed by atoms with van der Waals surface area (Å²) in [6, 6.07) is 8.60. The minimum absolute atomic E-state index is 0.270. The lowest BCUT2D eigenvalue weighted by Crippen LogP contribution is -2.58. The van der Waals surface area contributed by atoms with E-state index in [0.29, 0.717) is 22.1 Å². The number of halogens is 2. The van der Waals surface area contributed by atoms with Crippen LogP contribution in [0.2, 0.25) is 10.0 Å². The van der Waals surface area contributed by atoms with E-state index in [0.717, 1.165) is 86.9 Å². The number of rotatable bonds is 7. The van der Waals surface area contributed by atoms with Crippen LogP contribution >= 0.6 is 23.2 Å². The first-order valence-electron chi connectivity index (χ1n) is 13.7. The number of benzene rings is 1. The number of aromatic amines is 2. The van der Waals surface area contributed by atoms with Gasteiger partial charge in [-0.3, -0.25) is 9.80 Å². The SMILES string of the molecule is CC[C@H]1CN(c2ncc(-c3ncc[nH]3)cc2Cl)CCN1C1CCN(Cc2ccc(Cl)cc2-c2n[nH]c(=O)o2)CC1. The molecule has 2 saturated heterocycles. The summed E-state index contributed by atoms with van der Waals surface area (Å²) in [7, 11) is 0. The molecule has 6 rings (SSSR count). The number of anilines is 1. The molecule has 1 aromatic carbocycles. The summed E-state index contributed by atoms with van der Waals surface area (Å²) in [6.45, 7) is 7.80. The summed E-state index contributed by atoms with van der Waals surface area (Å²) < 4.78 is 5.22. The third-order valence-electron chi connectivity index (χ3n) is 8.05. The van der Waals surface area contributed by atoms with Crippen LogP contribution in [-0.4, -0.2) is 79.8 Å². The number of pyridine rings is 1. The largest absolute Gasteiger partial charge is 0.434 e. The molecule has 1 atom stereocenters. The third kappa shape index (κ3) is 5.67. The molecule has 0 saturated carbocycles. The van der Waals surface area contributed by atoms with Gasteiger partial charge in [0, 0.05) is 73.0 Å². The Morgan fingerprint density at radius 3 is 2.65 bits per heavy atom. The van der Waals surface area contributed by atoms with Crippen molar-refractivity contribution in [1.29, 1.82) is 0 Å². The molecule has 0 unspecified atom stereocenters. The molecule has 2 fully saturated rings. The Labute approximate surface area is 242 Å². The number of piperazine rings is 1. The van der Waals surface area contributed by atoms with Gasteiger partial charge >= 0.3 is 5.76 Å². The predicted molar refractivity (Wildman–Crippen MR) is 156 cm³/mol. The summed E-state index contributed by atoms with van der Waals surface area (Å²) in [4.78, 5) is 31.1. The number of nitrogens with zero attached hydrogens (tertiary/aromatic N) is 6. The van der Waals surface area contributed by atoms with E-state index < -0.39 is 5.76 Å². The molecule has 0 aliphatic carbocycles. The average molecular weight is 584 g/mol. The normalized spacial score (nSPS) is 19.4. The van der Waals surface area contributed by atoms with Gasteiger partial charge in [-0.2, -0.15) is 0 Å². The van der Waals surface area contributed by atoms with E-state index in [1.54, 1.807) is 18.5 Å². The molecule has 4 aromatic rings. The topological polar surface area (TPSA) is 110 Å². The van der Waals surface area contributed by atoms with Crippen LogP contribution in [0.15, 0.2) is 52.1 Å². The van der Waals surface area contributed by atoms with Crippen molar-refractivity contribution in [3.8, 4) is 22.8 Å². The van der Waals surface area contributed by atoms with Gasteiger partial charge in [0.25, 0.3) is 0 Å². The van der Waals surface area contributed by atoms with Crippen LogP contribution in [-0.2, 0) is 6.54 Å². The second kappa shape index (κ2) is 11.7. The van der Waals surface area contributed by atoms with E-state index in [2.05, 4.69) is 41.8 Å². The van der Waals surface area contributed by atoms with Crippen molar-refractivity contribution in [2.75, 3.05) is 37.6 Å². The van der Waals surface area contributed by atoms with Crippen molar-refractivity contribution in [3.05, 3.63) is 69.0 Å². The minimum atomic E-state index is -0.573. The van der Waals surface area contributed by atoms with Crippen LogP contribution in [0.3, 0.4) is 0 Å². The number of aromatic nitrogens is 5. The quantitative estimate of drug-likeness (QED) is 0.323. The minimum Gasteiger partial charge on any atom is -0.388 e. The molecular formula is C28H32Cl2N8O2. The summed E-state index contributed by atoms with van der Waals surface area (Å²) in [5, 5.41) is 7.59. The van der Waals surface area contributed by atoms with Crippen LogP contribution in [0.1, 0.15) is 31.7 Å². The fraction of sp³-hybridized carbons (Fsp3) is 0.429. The highest BCUT2D eigenvalue weighted by atomic mass is 35.5. The fourth-order valence-electron chi connectivity index (χ4n) is 6.00. The van der Waals surface area contributed by atoms with Gasteiger partial charge in [-0.05, 0) is 56.1 Å². The molecule has 210 valence electrons. The zero-order valence-electron chi connectivity index (χ0n) is 22.3. The van der Waals surface area contributed by atoms with Crippen molar-refractivity contribution >= 4 is 29.0 Å². The van der Waals surface area contributed by atoms with E-state index in [4.69, 9.17) is 32.6 Å². The van der Waals surface area contributed by atoms with Gasteiger partial charge in [-0.1, -0.05) is 36.2 Å². The predicted octanol–water partition coefficient (Wildman–Crippen LogP) is 4.69. The van der Waals surface area contributed by atoms with Crippen molar-refractivity contribution in [3.63, 3.8) is 0 Å². The van der Waals surface area contributed by atoms with Gasteiger partial charge in [-0.15, -0.1) is 5.10 Å². The molecule has 2 aliphatic heterocycles. The van der Waals surface area contributed by atoms with Crippen LogP contribution in [0.5, 0.6) is 0 Å². The number of likely N-dealkylation sites (tertiary alicyclic amines) is 1. The lowest BCUT2D eigenvalue weighted by molar-refractivity contribution is 0.0611. The Morgan fingerprint density at radius 2 is 1.95 bits per heavy atom. The maximum atomic E-state index is 11.5. The molecule has 5 heterocycles. The zero-order valence-corrected chi connectivity index (χ0v) is 23.8. The molecule has 0 spiro atoms. The van der Waals surface area contributed by atoms with Gasteiger partial charge in [0.15, 0.2) is 0 Å². The highest BCUT2D eigenvalue weighted by Crippen LogP contribution is 2.32. The summed E-state index contributed by atoms with van der Waals surface area (Å²) in [5.41, 5.74) is 2.68. The number of hydrogen-bond donors (Lipinski definition) is 2. The Kier molecular flexibility index (Phi) is 7.93. The van der Waals surface area contributed by atoms with E-state index in [1.165, 1.54) is 0 Å². The van der Waals surface area contributed by atoms with Gasteiger partial charge < -0.3 is 14.3 Å². The van der Waals surface area contributed by atoms with Gasteiger partial charge in [0.1, 0.15) is 11.6 Å². The van der Waals surface area contributed by atoms with Crippen molar-refractivity contribution in [2.45, 2.75) is 44.8 Å². The van der Waals surface area contributed by atoms with Gasteiger partial charge in [-0.25, -0.2) is 19.9 Å². The standard InChI is InChI=1S/C28H32Cl2N8O2/c1-2-21-17-37(26-24(30)13-19(15-33-26)25-31-7-8-32-25)11-12-38(21)22-5-9-36(10-6-22)16-18-3-4-20(29)14-23(18)27-34-35-28(39)40-27/h3-4,7-8,13-15,21-22H,2,5-6,9-12,16-17H2,1H3,(H,31,32)(H,35,39)/t21-/m0/s1. The first kappa shape index (κ1) is 27.0. The van der Waals surface area contributed by atoms with Crippen LogP contribution in [0, 0.1) is 0 Å². The van der Waals surface area contributed by atoms with Gasteiger partial charge in [0.05, 0.1) is 5.02 Å². The molecule has 40 heavy (non-hydrogen) atoms. The Hall–Kier alpha value is -3.18. The monoisotopic (exact) mass is 582 g/mol. The van der Waals surface area contributed by atoms with Crippen LogP contribution in [0.4, 0.5) is 5.82 Å². The van der Waals surface area contributed by atoms with Crippen LogP contribution in [0.25, 0.3) is 22.8 Å². The highest BCUT2D eigenvalue weighted by molar-refractivity contribution is 6.33. The second-order valence-corrected chi connectivity index (χ2v) is 11.3. The molecule has 12 heteroatoms. The zero-order chi connectivity index (χ0) is 27.6. The first-order valence-corrected chi connectivity index (χ1v) is 14.5. The number of hydrogen-bond acceptors (Lipinski definition) is 8. The molecule has 2 N–H and O–H groups in total. The first-order chi connectivity index (χ1) is 19.5. The number of H-pyrrole nitrogens is 2. The van der Waals surface area contributed by atoms with Crippen molar-refractivity contribution < 1.29 is 4.42 Å². The maximum Gasteiger partial charge on any atom is 0.434 e. The number of imidazole rings is 1. The van der Waals surface area contributed by atoms with E-state index in [-0.39, 0.29) is 5.89 Å². The number of nitrogens with one attached hydrogen (secondary N) is 2. The molecule has 0 amide bonds. The number of piperidine rings is 1. The molecule has 0 radical (unpaired) electrons. The fourth-order valence-corrected chi connectivity index (χ4v) is 6.46. The van der Waals surface area contributed by atoms with Crippen molar-refractivity contribution in [2.24, 2.45) is 0 Å². The second-order valence-electron chi connectivity index (χ2n) is 10.4. The smallest absolute Gasteiger partial charge is 0.388 e. The van der Waals surface area contributed by atoms with E-state index in [9.17, 15) is 4.79 Å². The molecule has 3 aromatic heterocycles. The summed E-state index contributed by atoms with van der Waals surface area (Å²) >= 11 is 12.9. The maximum absolute atomic E-state index is 11.5.